The highest BCUT2D eigenvalue weighted by Crippen LogP contribution is 2.15. The Morgan fingerprint density at radius 3 is 2.42 bits per heavy atom. The van der Waals surface area contributed by atoms with Gasteiger partial charge in [0.15, 0.2) is 0 Å². The highest BCUT2D eigenvalue weighted by molar-refractivity contribution is 6.30. The SMILES string of the molecule is O=C(Nc1ccc(Cl)cc1)c1ccc(NCc2ccccn2)cn1. The van der Waals surface area contributed by atoms with Crippen molar-refractivity contribution < 1.29 is 4.79 Å². The molecule has 2 N–H and O–H groups in total. The van der Waals surface area contributed by atoms with Crippen molar-refractivity contribution in [3.8, 4) is 0 Å². The molecular formula is C18H15ClN4O. The quantitative estimate of drug-likeness (QED) is 0.738. The van der Waals surface area contributed by atoms with Crippen molar-refractivity contribution in [2.45, 2.75) is 6.54 Å². The van der Waals surface area contributed by atoms with Crippen molar-refractivity contribution in [3.05, 3.63) is 83.4 Å². The lowest BCUT2D eigenvalue weighted by Crippen LogP contribution is -2.13. The van der Waals surface area contributed by atoms with Gasteiger partial charge in [-0.25, -0.2) is 4.98 Å². The van der Waals surface area contributed by atoms with E-state index < -0.39 is 0 Å². The normalized spacial score (nSPS) is 10.2. The minimum Gasteiger partial charge on any atom is -0.378 e. The van der Waals surface area contributed by atoms with E-state index in [1.807, 2.05) is 24.3 Å². The summed E-state index contributed by atoms with van der Waals surface area (Å²) in [4.78, 5) is 20.6. The molecule has 3 rings (SSSR count). The molecule has 2 heterocycles. The number of carbonyl (C=O) groups is 1. The third-order valence-corrected chi connectivity index (χ3v) is 3.55. The van der Waals surface area contributed by atoms with Gasteiger partial charge < -0.3 is 10.6 Å². The van der Waals surface area contributed by atoms with Crippen LogP contribution in [0.15, 0.2) is 67.0 Å². The number of hydrogen-bond acceptors (Lipinski definition) is 4. The number of halogens is 1. The lowest BCUT2D eigenvalue weighted by Gasteiger charge is -2.07. The van der Waals surface area contributed by atoms with Gasteiger partial charge in [0, 0.05) is 16.9 Å². The van der Waals surface area contributed by atoms with Gasteiger partial charge in [0.05, 0.1) is 24.1 Å². The second-order valence-electron chi connectivity index (χ2n) is 5.07. The van der Waals surface area contributed by atoms with Crippen LogP contribution in [0, 0.1) is 0 Å². The predicted octanol–water partition coefficient (Wildman–Crippen LogP) is 3.99. The first-order valence-corrected chi connectivity index (χ1v) is 7.75. The Hall–Kier alpha value is -2.92. The molecule has 5 nitrogen and oxygen atoms in total. The third kappa shape index (κ3) is 4.30. The molecule has 120 valence electrons. The van der Waals surface area contributed by atoms with Crippen molar-refractivity contribution in [2.24, 2.45) is 0 Å². The van der Waals surface area contributed by atoms with Crippen LogP contribution >= 0.6 is 11.6 Å². The summed E-state index contributed by atoms with van der Waals surface area (Å²) in [5.41, 5.74) is 2.77. The minimum atomic E-state index is -0.270. The number of nitrogens with one attached hydrogen (secondary N) is 2. The van der Waals surface area contributed by atoms with Crippen molar-refractivity contribution in [1.82, 2.24) is 9.97 Å². The van der Waals surface area contributed by atoms with E-state index >= 15 is 0 Å². The first kappa shape index (κ1) is 16.0. The molecule has 0 saturated carbocycles. The maximum absolute atomic E-state index is 12.2. The van der Waals surface area contributed by atoms with Crippen LogP contribution in [0.1, 0.15) is 16.2 Å². The molecule has 1 aromatic carbocycles. The maximum atomic E-state index is 12.2. The van der Waals surface area contributed by atoms with Crippen LogP contribution in [0.2, 0.25) is 5.02 Å². The van der Waals surface area contributed by atoms with Crippen LogP contribution in [0.5, 0.6) is 0 Å². The standard InChI is InChI=1S/C18H15ClN4O/c19-13-4-6-14(7-5-13)23-18(24)17-9-8-16(12-22-17)21-11-15-3-1-2-10-20-15/h1-10,12,21H,11H2,(H,23,24). The summed E-state index contributed by atoms with van der Waals surface area (Å²) >= 11 is 5.82. The van der Waals surface area contributed by atoms with E-state index in [-0.39, 0.29) is 5.91 Å². The molecule has 0 aliphatic carbocycles. The molecule has 0 unspecified atom stereocenters. The fourth-order valence-corrected chi connectivity index (χ4v) is 2.18. The van der Waals surface area contributed by atoms with Gasteiger partial charge in [-0.05, 0) is 48.5 Å². The lowest BCUT2D eigenvalue weighted by molar-refractivity contribution is 0.102. The van der Waals surface area contributed by atoms with Crippen LogP contribution in [0.4, 0.5) is 11.4 Å². The smallest absolute Gasteiger partial charge is 0.274 e. The molecule has 0 radical (unpaired) electrons. The average Bonchev–Trinajstić information content (AvgIpc) is 2.63. The van der Waals surface area contributed by atoms with Crippen molar-refractivity contribution in [1.29, 1.82) is 0 Å². The summed E-state index contributed by atoms with van der Waals surface area (Å²) in [7, 11) is 0. The monoisotopic (exact) mass is 338 g/mol. The van der Waals surface area contributed by atoms with Gasteiger partial charge in [0.25, 0.3) is 5.91 Å². The zero-order valence-corrected chi connectivity index (χ0v) is 13.5. The summed E-state index contributed by atoms with van der Waals surface area (Å²) in [5.74, 6) is -0.270. The number of anilines is 2. The number of carbonyl (C=O) groups excluding carboxylic acids is 1. The van der Waals surface area contributed by atoms with Crippen molar-refractivity contribution >= 4 is 28.9 Å². The van der Waals surface area contributed by atoms with Gasteiger partial charge in [0.1, 0.15) is 5.69 Å². The van der Waals surface area contributed by atoms with E-state index in [0.717, 1.165) is 11.4 Å². The largest absolute Gasteiger partial charge is 0.378 e. The molecule has 1 amide bonds. The molecule has 0 aliphatic heterocycles. The van der Waals surface area contributed by atoms with E-state index in [2.05, 4.69) is 20.6 Å². The molecule has 0 bridgehead atoms. The molecule has 6 heteroatoms. The van der Waals surface area contributed by atoms with Gasteiger partial charge in [-0.15, -0.1) is 0 Å². The Labute approximate surface area is 144 Å². The van der Waals surface area contributed by atoms with Gasteiger partial charge >= 0.3 is 0 Å². The molecule has 0 saturated heterocycles. The molecule has 3 aromatic rings. The van der Waals surface area contributed by atoms with Gasteiger partial charge in [-0.3, -0.25) is 9.78 Å². The van der Waals surface area contributed by atoms with Crippen LogP contribution in [0.3, 0.4) is 0 Å². The predicted molar refractivity (Wildman–Crippen MR) is 95.2 cm³/mol. The van der Waals surface area contributed by atoms with E-state index in [9.17, 15) is 4.79 Å². The number of nitrogens with zero attached hydrogens (tertiary/aromatic N) is 2. The highest BCUT2D eigenvalue weighted by atomic mass is 35.5. The van der Waals surface area contributed by atoms with E-state index in [1.165, 1.54) is 0 Å². The molecule has 24 heavy (non-hydrogen) atoms. The van der Waals surface area contributed by atoms with Crippen LogP contribution < -0.4 is 10.6 Å². The van der Waals surface area contributed by atoms with Crippen molar-refractivity contribution in [2.75, 3.05) is 10.6 Å². The topological polar surface area (TPSA) is 66.9 Å². The molecule has 0 fully saturated rings. The molecule has 0 atom stereocenters. The maximum Gasteiger partial charge on any atom is 0.274 e. The zero-order valence-electron chi connectivity index (χ0n) is 12.7. The number of pyridine rings is 2. The van der Waals surface area contributed by atoms with E-state index in [1.54, 1.807) is 42.7 Å². The fourth-order valence-electron chi connectivity index (χ4n) is 2.06. The summed E-state index contributed by atoms with van der Waals surface area (Å²) in [5, 5.41) is 6.60. The van der Waals surface area contributed by atoms with Crippen molar-refractivity contribution in [3.63, 3.8) is 0 Å². The summed E-state index contributed by atoms with van der Waals surface area (Å²) < 4.78 is 0. The molecular weight excluding hydrogens is 324 g/mol. The first-order valence-electron chi connectivity index (χ1n) is 7.37. The number of amides is 1. The lowest BCUT2D eigenvalue weighted by atomic mass is 10.2. The average molecular weight is 339 g/mol. The first-order chi connectivity index (χ1) is 11.7. The van der Waals surface area contributed by atoms with Gasteiger partial charge in [-0.1, -0.05) is 17.7 Å². The fraction of sp³-hybridized carbons (Fsp3) is 0.0556. The van der Waals surface area contributed by atoms with E-state index in [0.29, 0.717) is 22.9 Å². The Bertz CT molecular complexity index is 805. The number of aromatic nitrogens is 2. The van der Waals surface area contributed by atoms with Crippen LogP contribution in [-0.2, 0) is 6.54 Å². The second kappa shape index (κ2) is 7.57. The summed E-state index contributed by atoms with van der Waals surface area (Å²) in [6, 6.07) is 16.1. The third-order valence-electron chi connectivity index (χ3n) is 3.30. The van der Waals surface area contributed by atoms with E-state index in [4.69, 9.17) is 11.6 Å². The number of hydrogen-bond donors (Lipinski definition) is 2. The Morgan fingerprint density at radius 1 is 0.958 bits per heavy atom. The minimum absolute atomic E-state index is 0.270. The number of rotatable bonds is 5. The Balaban J connectivity index is 1.59. The van der Waals surface area contributed by atoms with Crippen LogP contribution in [-0.4, -0.2) is 15.9 Å². The van der Waals surface area contributed by atoms with Gasteiger partial charge in [0.2, 0.25) is 0 Å². The summed E-state index contributed by atoms with van der Waals surface area (Å²) in [6.45, 7) is 0.596. The molecule has 0 aliphatic rings. The molecule has 2 aromatic heterocycles. The number of benzene rings is 1. The zero-order chi connectivity index (χ0) is 16.8. The van der Waals surface area contributed by atoms with Gasteiger partial charge in [-0.2, -0.15) is 0 Å². The van der Waals surface area contributed by atoms with Crippen LogP contribution in [0.25, 0.3) is 0 Å². The Morgan fingerprint density at radius 2 is 1.75 bits per heavy atom. The highest BCUT2D eigenvalue weighted by Gasteiger charge is 2.07. The summed E-state index contributed by atoms with van der Waals surface area (Å²) in [6.07, 6.45) is 3.37. The molecule has 0 spiro atoms. The Kier molecular flexibility index (Phi) is 5.03. The second-order valence-corrected chi connectivity index (χ2v) is 5.50.